The quantitative estimate of drug-likeness (QED) is 0.682. The van der Waals surface area contributed by atoms with Crippen LogP contribution in [0.2, 0.25) is 5.02 Å². The molecule has 2 heteroatoms. The molecule has 0 heterocycles. The van der Waals surface area contributed by atoms with E-state index in [0.29, 0.717) is 5.92 Å². The van der Waals surface area contributed by atoms with E-state index in [-0.39, 0.29) is 0 Å². The Balaban J connectivity index is 2.52. The van der Waals surface area contributed by atoms with Gasteiger partial charge in [-0.3, -0.25) is 5.32 Å². The van der Waals surface area contributed by atoms with E-state index in [1.807, 2.05) is 24.3 Å². The highest BCUT2D eigenvalue weighted by Crippen LogP contribution is 2.15. The van der Waals surface area contributed by atoms with Gasteiger partial charge >= 0.3 is 0 Å². The molecule has 0 unspecified atom stereocenters. The molecule has 0 spiro atoms. The standard InChI is InChI=1S/C10H13ClN/c1-8(2)7-12-10-5-3-4-9(11)6-10/h3-6,8H,7H2,1-2H3. The first-order valence-corrected chi connectivity index (χ1v) is 4.49. The molecule has 0 fully saturated rings. The fourth-order valence-electron chi connectivity index (χ4n) is 0.862. The van der Waals surface area contributed by atoms with Gasteiger partial charge in [-0.2, -0.15) is 0 Å². The molecule has 0 bridgehead atoms. The molecule has 0 atom stereocenters. The first kappa shape index (κ1) is 9.40. The number of halogens is 1. The topological polar surface area (TPSA) is 14.1 Å². The van der Waals surface area contributed by atoms with E-state index >= 15 is 0 Å². The molecule has 0 aliphatic carbocycles. The summed E-state index contributed by atoms with van der Waals surface area (Å²) < 4.78 is 0. The maximum absolute atomic E-state index is 5.80. The predicted octanol–water partition coefficient (Wildman–Crippen LogP) is 3.23. The summed E-state index contributed by atoms with van der Waals surface area (Å²) in [5, 5.41) is 5.13. The lowest BCUT2D eigenvalue weighted by molar-refractivity contribution is 0.609. The van der Waals surface area contributed by atoms with Crippen LogP contribution >= 0.6 is 11.6 Å². The van der Waals surface area contributed by atoms with Crippen LogP contribution in [0.1, 0.15) is 13.8 Å². The average Bonchev–Trinajstić information content (AvgIpc) is 2.01. The Morgan fingerprint density at radius 1 is 1.42 bits per heavy atom. The van der Waals surface area contributed by atoms with E-state index < -0.39 is 0 Å². The van der Waals surface area contributed by atoms with E-state index in [2.05, 4.69) is 19.2 Å². The van der Waals surface area contributed by atoms with Crippen molar-refractivity contribution in [1.82, 2.24) is 5.32 Å². The van der Waals surface area contributed by atoms with Crippen LogP contribution in [-0.4, -0.2) is 6.54 Å². The molecule has 0 saturated carbocycles. The van der Waals surface area contributed by atoms with E-state index in [1.165, 1.54) is 0 Å². The van der Waals surface area contributed by atoms with Crippen LogP contribution in [0, 0.1) is 5.92 Å². The fraction of sp³-hybridized carbons (Fsp3) is 0.400. The summed E-state index contributed by atoms with van der Waals surface area (Å²) in [7, 11) is 0. The van der Waals surface area contributed by atoms with Gasteiger partial charge < -0.3 is 0 Å². The lowest BCUT2D eigenvalue weighted by Gasteiger charge is -2.05. The molecular formula is C10H13ClN. The molecule has 0 aliphatic rings. The summed E-state index contributed by atoms with van der Waals surface area (Å²) in [6, 6.07) is 7.62. The van der Waals surface area contributed by atoms with Gasteiger partial charge in [-0.15, -0.1) is 0 Å². The summed E-state index contributed by atoms with van der Waals surface area (Å²) in [6.07, 6.45) is 0. The van der Waals surface area contributed by atoms with Gasteiger partial charge in [0.05, 0.1) is 5.69 Å². The highest BCUT2D eigenvalue weighted by atomic mass is 35.5. The van der Waals surface area contributed by atoms with Gasteiger partial charge in [0.15, 0.2) is 0 Å². The first-order valence-electron chi connectivity index (χ1n) is 4.11. The highest BCUT2D eigenvalue weighted by molar-refractivity contribution is 6.30. The van der Waals surface area contributed by atoms with Gasteiger partial charge in [-0.05, 0) is 24.1 Å². The summed E-state index contributed by atoms with van der Waals surface area (Å²) in [6.45, 7) is 5.16. The van der Waals surface area contributed by atoms with E-state index in [0.717, 1.165) is 17.3 Å². The first-order chi connectivity index (χ1) is 5.68. The molecule has 65 valence electrons. The molecule has 0 N–H and O–H groups in total. The Labute approximate surface area is 78.7 Å². The zero-order valence-corrected chi connectivity index (χ0v) is 8.17. The summed E-state index contributed by atoms with van der Waals surface area (Å²) in [5.41, 5.74) is 0.969. The molecule has 0 aliphatic heterocycles. The van der Waals surface area contributed by atoms with Crippen molar-refractivity contribution in [2.45, 2.75) is 13.8 Å². The Morgan fingerprint density at radius 2 is 2.17 bits per heavy atom. The minimum Gasteiger partial charge on any atom is -0.285 e. The Bertz CT molecular complexity index is 245. The van der Waals surface area contributed by atoms with Gasteiger partial charge in [-0.25, -0.2) is 0 Å². The van der Waals surface area contributed by atoms with Crippen LogP contribution in [-0.2, 0) is 0 Å². The molecule has 0 aromatic heterocycles. The third-order valence-corrected chi connectivity index (χ3v) is 1.68. The zero-order valence-electron chi connectivity index (χ0n) is 7.42. The van der Waals surface area contributed by atoms with E-state index in [9.17, 15) is 0 Å². The largest absolute Gasteiger partial charge is 0.285 e. The van der Waals surface area contributed by atoms with Crippen molar-refractivity contribution in [2.75, 3.05) is 6.54 Å². The van der Waals surface area contributed by atoms with Gasteiger partial charge in [-0.1, -0.05) is 31.5 Å². The maximum atomic E-state index is 5.80. The molecule has 12 heavy (non-hydrogen) atoms. The number of benzene rings is 1. The third-order valence-electron chi connectivity index (χ3n) is 1.45. The molecule has 1 rings (SSSR count). The molecule has 1 nitrogen and oxygen atoms in total. The molecule has 0 saturated heterocycles. The van der Waals surface area contributed by atoms with Gasteiger partial charge in [0.2, 0.25) is 0 Å². The summed E-state index contributed by atoms with van der Waals surface area (Å²) >= 11 is 5.80. The fourth-order valence-corrected chi connectivity index (χ4v) is 1.05. The van der Waals surface area contributed by atoms with Gasteiger partial charge in [0.1, 0.15) is 0 Å². The molecule has 0 amide bonds. The maximum Gasteiger partial charge on any atom is 0.0589 e. The van der Waals surface area contributed by atoms with Crippen molar-refractivity contribution in [2.24, 2.45) is 5.92 Å². The lowest BCUT2D eigenvalue weighted by Crippen LogP contribution is -2.06. The number of nitrogens with zero attached hydrogens (tertiary/aromatic N) is 1. The third kappa shape index (κ3) is 3.14. The SMILES string of the molecule is CC(C)C[N]c1cccc(Cl)c1. The van der Waals surface area contributed by atoms with E-state index in [1.54, 1.807) is 0 Å². The molecular weight excluding hydrogens is 170 g/mol. The Kier molecular flexibility index (Phi) is 3.42. The zero-order chi connectivity index (χ0) is 8.97. The van der Waals surface area contributed by atoms with Crippen molar-refractivity contribution in [3.63, 3.8) is 0 Å². The number of hydrogen-bond donors (Lipinski definition) is 0. The van der Waals surface area contributed by atoms with Crippen LogP contribution in [0.5, 0.6) is 0 Å². The van der Waals surface area contributed by atoms with E-state index in [4.69, 9.17) is 11.6 Å². The van der Waals surface area contributed by atoms with Gasteiger partial charge in [0.25, 0.3) is 0 Å². The van der Waals surface area contributed by atoms with Crippen molar-refractivity contribution in [3.05, 3.63) is 29.3 Å². The smallest absolute Gasteiger partial charge is 0.0589 e. The monoisotopic (exact) mass is 182 g/mol. The Hall–Kier alpha value is -0.690. The van der Waals surface area contributed by atoms with Crippen LogP contribution in [0.25, 0.3) is 0 Å². The van der Waals surface area contributed by atoms with Crippen molar-refractivity contribution < 1.29 is 0 Å². The van der Waals surface area contributed by atoms with Crippen LogP contribution in [0.15, 0.2) is 24.3 Å². The second-order valence-corrected chi connectivity index (χ2v) is 3.65. The molecule has 1 aromatic carbocycles. The number of rotatable bonds is 3. The molecule has 1 radical (unpaired) electrons. The Morgan fingerprint density at radius 3 is 2.75 bits per heavy atom. The molecule has 1 aromatic rings. The summed E-state index contributed by atoms with van der Waals surface area (Å²) in [5.74, 6) is 0.601. The van der Waals surface area contributed by atoms with Crippen molar-refractivity contribution in [1.29, 1.82) is 0 Å². The van der Waals surface area contributed by atoms with Crippen molar-refractivity contribution >= 4 is 17.3 Å². The second-order valence-electron chi connectivity index (χ2n) is 3.21. The lowest BCUT2D eigenvalue weighted by atomic mass is 10.2. The van der Waals surface area contributed by atoms with Crippen molar-refractivity contribution in [3.8, 4) is 0 Å². The second kappa shape index (κ2) is 4.36. The van der Waals surface area contributed by atoms with Gasteiger partial charge in [0, 0.05) is 11.6 Å². The normalized spacial score (nSPS) is 10.3. The predicted molar refractivity (Wildman–Crippen MR) is 53.0 cm³/mol. The number of hydrogen-bond acceptors (Lipinski definition) is 0. The minimum atomic E-state index is 0.601. The van der Waals surface area contributed by atoms with Crippen LogP contribution in [0.3, 0.4) is 0 Å². The van der Waals surface area contributed by atoms with Crippen LogP contribution in [0.4, 0.5) is 5.69 Å². The highest BCUT2D eigenvalue weighted by Gasteiger charge is 1.96. The summed E-state index contributed by atoms with van der Waals surface area (Å²) in [4.78, 5) is 0. The minimum absolute atomic E-state index is 0.601. The average molecular weight is 183 g/mol. The van der Waals surface area contributed by atoms with Crippen LogP contribution < -0.4 is 5.32 Å².